The molecule has 1 N–H and O–H groups in total. The van der Waals surface area contributed by atoms with Gasteiger partial charge in [-0.2, -0.15) is 0 Å². The maximum Gasteiger partial charge on any atom is 0.226 e. The van der Waals surface area contributed by atoms with E-state index < -0.39 is 0 Å². The number of rotatable bonds is 4. The lowest BCUT2D eigenvalue weighted by molar-refractivity contribution is -0.116. The van der Waals surface area contributed by atoms with Crippen LogP contribution in [0.25, 0.3) is 0 Å². The van der Waals surface area contributed by atoms with Gasteiger partial charge in [0, 0.05) is 17.5 Å². The van der Waals surface area contributed by atoms with Crippen LogP contribution in [0, 0.1) is 6.92 Å². The molecule has 1 rings (SSSR count). The van der Waals surface area contributed by atoms with E-state index in [1.165, 1.54) is 11.3 Å². The van der Waals surface area contributed by atoms with Gasteiger partial charge in [-0.25, -0.2) is 4.98 Å². The van der Waals surface area contributed by atoms with Crippen LogP contribution in [0.15, 0.2) is 18.9 Å². The van der Waals surface area contributed by atoms with Gasteiger partial charge in [0.25, 0.3) is 0 Å². The van der Waals surface area contributed by atoms with Gasteiger partial charge in [-0.3, -0.25) is 4.79 Å². The molecule has 0 saturated carbocycles. The van der Waals surface area contributed by atoms with Crippen LogP contribution in [-0.2, 0) is 4.79 Å². The topological polar surface area (TPSA) is 42.0 Å². The Bertz CT molecular complexity index is 306. The summed E-state index contributed by atoms with van der Waals surface area (Å²) in [7, 11) is 0. The third-order valence-electron chi connectivity index (χ3n) is 1.44. The first-order valence-electron chi connectivity index (χ1n) is 4.05. The number of anilines is 1. The highest BCUT2D eigenvalue weighted by atomic mass is 32.1. The summed E-state index contributed by atoms with van der Waals surface area (Å²) in [5, 5.41) is 3.39. The average molecular weight is 196 g/mol. The molecule has 0 atom stereocenters. The Labute approximate surface area is 81.5 Å². The van der Waals surface area contributed by atoms with Crippen molar-refractivity contribution < 1.29 is 4.79 Å². The van der Waals surface area contributed by atoms with Crippen molar-refractivity contribution in [3.8, 4) is 0 Å². The summed E-state index contributed by atoms with van der Waals surface area (Å²) in [5.41, 5.74) is 0. The quantitative estimate of drug-likeness (QED) is 0.751. The molecule has 70 valence electrons. The Balaban J connectivity index is 2.40. The van der Waals surface area contributed by atoms with Crippen molar-refractivity contribution in [1.82, 2.24) is 4.98 Å². The lowest BCUT2D eigenvalue weighted by Gasteiger charge is -1.97. The molecule has 1 amide bonds. The minimum absolute atomic E-state index is 0.00532. The molecule has 0 aromatic carbocycles. The highest BCUT2D eigenvalue weighted by Crippen LogP contribution is 2.16. The van der Waals surface area contributed by atoms with Crippen LogP contribution >= 0.6 is 11.3 Å². The number of allylic oxidation sites excluding steroid dienone is 1. The number of nitrogens with one attached hydrogen (secondary N) is 1. The third kappa shape index (κ3) is 3.38. The first kappa shape index (κ1) is 9.92. The van der Waals surface area contributed by atoms with Gasteiger partial charge in [0.1, 0.15) is 0 Å². The number of aryl methyl sites for hydroxylation is 1. The van der Waals surface area contributed by atoms with E-state index in [1.807, 2.05) is 6.92 Å². The first-order chi connectivity index (χ1) is 6.22. The third-order valence-corrected chi connectivity index (χ3v) is 2.27. The normalized spacial score (nSPS) is 9.62. The van der Waals surface area contributed by atoms with Crippen molar-refractivity contribution in [3.05, 3.63) is 23.7 Å². The molecule has 0 aliphatic carbocycles. The number of amides is 1. The summed E-state index contributed by atoms with van der Waals surface area (Å²) in [6.07, 6.45) is 4.65. The van der Waals surface area contributed by atoms with Gasteiger partial charge < -0.3 is 5.32 Å². The molecular weight excluding hydrogens is 184 g/mol. The summed E-state index contributed by atoms with van der Waals surface area (Å²) in [5.74, 6) is -0.00532. The van der Waals surface area contributed by atoms with E-state index in [0.29, 0.717) is 18.0 Å². The predicted octanol–water partition coefficient (Wildman–Crippen LogP) is 2.36. The molecule has 13 heavy (non-hydrogen) atoms. The van der Waals surface area contributed by atoms with Crippen LogP contribution in [0.3, 0.4) is 0 Å². The van der Waals surface area contributed by atoms with Crippen LogP contribution in [0.4, 0.5) is 5.13 Å². The van der Waals surface area contributed by atoms with E-state index in [1.54, 1.807) is 12.3 Å². The first-order valence-corrected chi connectivity index (χ1v) is 4.87. The second-order valence-electron chi connectivity index (χ2n) is 2.65. The van der Waals surface area contributed by atoms with Gasteiger partial charge in [0.05, 0.1) is 0 Å². The molecule has 0 unspecified atom stereocenters. The largest absolute Gasteiger partial charge is 0.302 e. The van der Waals surface area contributed by atoms with Gasteiger partial charge in [0.15, 0.2) is 5.13 Å². The molecule has 0 saturated heterocycles. The molecule has 1 heterocycles. The Morgan fingerprint density at radius 3 is 3.15 bits per heavy atom. The molecule has 0 bridgehead atoms. The molecule has 0 spiro atoms. The predicted molar refractivity (Wildman–Crippen MR) is 54.9 cm³/mol. The zero-order chi connectivity index (χ0) is 9.68. The number of carbonyl (C=O) groups is 1. The summed E-state index contributed by atoms with van der Waals surface area (Å²) in [4.78, 5) is 16.3. The van der Waals surface area contributed by atoms with E-state index in [2.05, 4.69) is 16.9 Å². The van der Waals surface area contributed by atoms with Gasteiger partial charge in [-0.05, 0) is 13.3 Å². The molecule has 3 nitrogen and oxygen atoms in total. The van der Waals surface area contributed by atoms with Crippen molar-refractivity contribution in [1.29, 1.82) is 0 Å². The number of hydrogen-bond acceptors (Lipinski definition) is 3. The van der Waals surface area contributed by atoms with E-state index in [-0.39, 0.29) is 5.91 Å². The zero-order valence-corrected chi connectivity index (χ0v) is 8.36. The van der Waals surface area contributed by atoms with E-state index in [4.69, 9.17) is 0 Å². The Kier molecular flexibility index (Phi) is 3.64. The van der Waals surface area contributed by atoms with Crippen LogP contribution in [0.2, 0.25) is 0 Å². The molecule has 0 radical (unpaired) electrons. The number of thiazole rings is 1. The van der Waals surface area contributed by atoms with Crippen molar-refractivity contribution in [2.75, 3.05) is 5.32 Å². The maximum absolute atomic E-state index is 11.2. The fraction of sp³-hybridized carbons (Fsp3) is 0.333. The fourth-order valence-corrected chi connectivity index (χ4v) is 1.51. The fourth-order valence-electron chi connectivity index (χ4n) is 0.827. The Hall–Kier alpha value is -1.16. The summed E-state index contributed by atoms with van der Waals surface area (Å²) >= 11 is 1.48. The van der Waals surface area contributed by atoms with Crippen LogP contribution in [0.5, 0.6) is 0 Å². The Morgan fingerprint density at radius 2 is 2.62 bits per heavy atom. The summed E-state index contributed by atoms with van der Waals surface area (Å²) < 4.78 is 0. The zero-order valence-electron chi connectivity index (χ0n) is 7.54. The van der Waals surface area contributed by atoms with Crippen molar-refractivity contribution >= 4 is 22.4 Å². The highest BCUT2D eigenvalue weighted by molar-refractivity contribution is 7.15. The standard InChI is InChI=1S/C9H12N2OS/c1-3-4-5-8(12)11-9-10-6-7(2)13-9/h3,6H,1,4-5H2,2H3,(H,10,11,12). The maximum atomic E-state index is 11.2. The SMILES string of the molecule is C=CCCC(=O)Nc1ncc(C)s1. The summed E-state index contributed by atoms with van der Waals surface area (Å²) in [6.45, 7) is 5.51. The van der Waals surface area contributed by atoms with Crippen molar-refractivity contribution in [2.24, 2.45) is 0 Å². The van der Waals surface area contributed by atoms with Crippen LogP contribution < -0.4 is 5.32 Å². The summed E-state index contributed by atoms with van der Waals surface area (Å²) in [6, 6.07) is 0. The van der Waals surface area contributed by atoms with Crippen molar-refractivity contribution in [2.45, 2.75) is 19.8 Å². The molecule has 1 aromatic rings. The second kappa shape index (κ2) is 4.77. The van der Waals surface area contributed by atoms with Crippen LogP contribution in [-0.4, -0.2) is 10.9 Å². The van der Waals surface area contributed by atoms with E-state index in [0.717, 1.165) is 4.88 Å². The lowest BCUT2D eigenvalue weighted by Crippen LogP contribution is -2.10. The van der Waals surface area contributed by atoms with Gasteiger partial charge in [-0.1, -0.05) is 6.08 Å². The van der Waals surface area contributed by atoms with Crippen LogP contribution in [0.1, 0.15) is 17.7 Å². The van der Waals surface area contributed by atoms with Gasteiger partial charge in [-0.15, -0.1) is 17.9 Å². The van der Waals surface area contributed by atoms with Crippen molar-refractivity contribution in [3.63, 3.8) is 0 Å². The molecular formula is C9H12N2OS. The minimum atomic E-state index is -0.00532. The number of nitrogens with zero attached hydrogens (tertiary/aromatic N) is 1. The minimum Gasteiger partial charge on any atom is -0.302 e. The molecule has 1 aromatic heterocycles. The smallest absolute Gasteiger partial charge is 0.226 e. The van der Waals surface area contributed by atoms with E-state index in [9.17, 15) is 4.79 Å². The molecule has 0 aliphatic rings. The van der Waals surface area contributed by atoms with E-state index >= 15 is 0 Å². The molecule has 0 aliphatic heterocycles. The van der Waals surface area contributed by atoms with Gasteiger partial charge >= 0.3 is 0 Å². The Morgan fingerprint density at radius 1 is 1.85 bits per heavy atom. The highest BCUT2D eigenvalue weighted by Gasteiger charge is 2.03. The number of hydrogen-bond donors (Lipinski definition) is 1. The number of aromatic nitrogens is 1. The lowest BCUT2D eigenvalue weighted by atomic mass is 10.3. The molecule has 4 heteroatoms. The van der Waals surface area contributed by atoms with Gasteiger partial charge in [0.2, 0.25) is 5.91 Å². The second-order valence-corrected chi connectivity index (χ2v) is 3.89. The molecule has 0 fully saturated rings. The monoisotopic (exact) mass is 196 g/mol. The number of carbonyl (C=O) groups excluding carboxylic acids is 1. The average Bonchev–Trinajstić information content (AvgIpc) is 2.48.